The van der Waals surface area contributed by atoms with E-state index in [-0.39, 0.29) is 5.41 Å². The highest BCUT2D eigenvalue weighted by Crippen LogP contribution is 2.34. The summed E-state index contributed by atoms with van der Waals surface area (Å²) in [5, 5.41) is 0. The van der Waals surface area contributed by atoms with Crippen molar-refractivity contribution in [3.05, 3.63) is 71.0 Å². The second-order valence-electron chi connectivity index (χ2n) is 7.66. The minimum atomic E-state index is 0.0741. The van der Waals surface area contributed by atoms with Gasteiger partial charge in [-0.05, 0) is 42.9 Å². The van der Waals surface area contributed by atoms with Gasteiger partial charge in [0.1, 0.15) is 5.82 Å². The van der Waals surface area contributed by atoms with Gasteiger partial charge in [-0.1, -0.05) is 62.7 Å². The maximum Gasteiger partial charge on any atom is 0.144 e. The molecule has 0 N–H and O–H groups in total. The molecule has 2 nitrogen and oxygen atoms in total. The first-order chi connectivity index (χ1) is 11.3. The molecule has 0 aliphatic rings. The van der Waals surface area contributed by atoms with Crippen LogP contribution in [0, 0.1) is 20.8 Å². The minimum Gasteiger partial charge on any atom is -0.299 e. The molecule has 3 rings (SSSR count). The average Bonchev–Trinajstić information content (AvgIpc) is 2.94. The highest BCUT2D eigenvalue weighted by atomic mass is 15.1. The molecule has 0 atom stereocenters. The van der Waals surface area contributed by atoms with Crippen LogP contribution >= 0.6 is 0 Å². The summed E-state index contributed by atoms with van der Waals surface area (Å²) in [5.74, 6) is 1.01. The van der Waals surface area contributed by atoms with Crippen LogP contribution in [0.5, 0.6) is 0 Å². The van der Waals surface area contributed by atoms with E-state index >= 15 is 0 Å². The Balaban J connectivity index is 2.25. The van der Waals surface area contributed by atoms with Crippen LogP contribution in [-0.2, 0) is 5.41 Å². The van der Waals surface area contributed by atoms with Crippen molar-refractivity contribution in [3.8, 4) is 17.1 Å². The van der Waals surface area contributed by atoms with Gasteiger partial charge in [-0.15, -0.1) is 0 Å². The number of aromatic nitrogens is 2. The maximum atomic E-state index is 4.70. The fourth-order valence-corrected chi connectivity index (χ4v) is 3.57. The van der Waals surface area contributed by atoms with Gasteiger partial charge in [0.15, 0.2) is 0 Å². The van der Waals surface area contributed by atoms with Gasteiger partial charge in [-0.3, -0.25) is 4.57 Å². The first kappa shape index (κ1) is 16.5. The standard InChI is InChI=1S/C22H26N2/c1-15-13-16(2)20(17(3)14-15)24-12-11-23-21(24)18-9-7-8-10-19(18)22(4,5)6/h7-14H,1-6H3. The molecule has 0 radical (unpaired) electrons. The lowest BCUT2D eigenvalue weighted by molar-refractivity contribution is 0.591. The van der Waals surface area contributed by atoms with E-state index in [1.165, 1.54) is 33.5 Å². The van der Waals surface area contributed by atoms with E-state index in [9.17, 15) is 0 Å². The number of imidazole rings is 1. The van der Waals surface area contributed by atoms with E-state index in [0.717, 1.165) is 5.82 Å². The van der Waals surface area contributed by atoms with Gasteiger partial charge in [0.05, 0.1) is 5.69 Å². The molecule has 3 aromatic rings. The second kappa shape index (κ2) is 5.94. The Hall–Kier alpha value is -2.35. The van der Waals surface area contributed by atoms with Crippen molar-refractivity contribution in [2.24, 2.45) is 0 Å². The molecule has 0 bridgehead atoms. The second-order valence-corrected chi connectivity index (χ2v) is 7.66. The minimum absolute atomic E-state index is 0.0741. The molecule has 2 aromatic carbocycles. The molecule has 0 spiro atoms. The van der Waals surface area contributed by atoms with Crippen molar-refractivity contribution >= 4 is 0 Å². The molecule has 124 valence electrons. The third-order valence-electron chi connectivity index (χ3n) is 4.49. The van der Waals surface area contributed by atoms with E-state index < -0.39 is 0 Å². The quantitative estimate of drug-likeness (QED) is 0.587. The summed E-state index contributed by atoms with van der Waals surface area (Å²) >= 11 is 0. The van der Waals surface area contributed by atoms with Gasteiger partial charge in [0.25, 0.3) is 0 Å². The van der Waals surface area contributed by atoms with Gasteiger partial charge in [-0.2, -0.15) is 0 Å². The van der Waals surface area contributed by atoms with Crippen LogP contribution in [0.25, 0.3) is 17.1 Å². The Labute approximate surface area is 145 Å². The molecular formula is C22H26N2. The summed E-state index contributed by atoms with van der Waals surface area (Å²) < 4.78 is 2.23. The Morgan fingerprint density at radius 2 is 1.54 bits per heavy atom. The fourth-order valence-electron chi connectivity index (χ4n) is 3.57. The first-order valence-corrected chi connectivity index (χ1v) is 8.50. The Bertz CT molecular complexity index is 856. The number of hydrogen-bond donors (Lipinski definition) is 0. The summed E-state index contributed by atoms with van der Waals surface area (Å²) in [6.07, 6.45) is 3.97. The SMILES string of the molecule is Cc1cc(C)c(-n2ccnc2-c2ccccc2C(C)(C)C)c(C)c1. The zero-order valence-electron chi connectivity index (χ0n) is 15.5. The molecule has 0 amide bonds. The number of nitrogens with zero attached hydrogens (tertiary/aromatic N) is 2. The lowest BCUT2D eigenvalue weighted by Gasteiger charge is -2.23. The number of hydrogen-bond acceptors (Lipinski definition) is 1. The van der Waals surface area contributed by atoms with Gasteiger partial charge in [0.2, 0.25) is 0 Å². The fraction of sp³-hybridized carbons (Fsp3) is 0.318. The molecule has 2 heteroatoms. The van der Waals surface area contributed by atoms with Gasteiger partial charge >= 0.3 is 0 Å². The molecule has 0 aliphatic carbocycles. The van der Waals surface area contributed by atoms with Crippen LogP contribution in [0.1, 0.15) is 43.0 Å². The molecule has 1 aromatic heterocycles. The van der Waals surface area contributed by atoms with Crippen LogP contribution in [0.15, 0.2) is 48.8 Å². The van der Waals surface area contributed by atoms with E-state index in [2.05, 4.69) is 88.7 Å². The smallest absolute Gasteiger partial charge is 0.144 e. The Morgan fingerprint density at radius 1 is 0.917 bits per heavy atom. The third-order valence-corrected chi connectivity index (χ3v) is 4.49. The van der Waals surface area contributed by atoms with Crippen LogP contribution in [0.4, 0.5) is 0 Å². The first-order valence-electron chi connectivity index (χ1n) is 8.50. The monoisotopic (exact) mass is 318 g/mol. The van der Waals surface area contributed by atoms with Crippen LogP contribution in [-0.4, -0.2) is 9.55 Å². The lowest BCUT2D eigenvalue weighted by atomic mass is 9.83. The van der Waals surface area contributed by atoms with Gasteiger partial charge in [-0.25, -0.2) is 4.98 Å². The maximum absolute atomic E-state index is 4.70. The van der Waals surface area contributed by atoms with Crippen molar-refractivity contribution < 1.29 is 0 Å². The van der Waals surface area contributed by atoms with E-state index in [1.807, 2.05) is 6.20 Å². The summed E-state index contributed by atoms with van der Waals surface area (Å²) in [7, 11) is 0. The number of benzene rings is 2. The molecule has 0 fully saturated rings. The molecule has 0 unspecified atom stereocenters. The third kappa shape index (κ3) is 2.89. The molecule has 24 heavy (non-hydrogen) atoms. The average molecular weight is 318 g/mol. The zero-order valence-corrected chi connectivity index (χ0v) is 15.5. The van der Waals surface area contributed by atoms with Gasteiger partial charge < -0.3 is 0 Å². The van der Waals surface area contributed by atoms with Gasteiger partial charge in [0, 0.05) is 18.0 Å². The van der Waals surface area contributed by atoms with Crippen molar-refractivity contribution in [3.63, 3.8) is 0 Å². The Morgan fingerprint density at radius 3 is 2.17 bits per heavy atom. The highest BCUT2D eigenvalue weighted by Gasteiger charge is 2.21. The molecule has 0 aliphatic heterocycles. The molecule has 0 saturated heterocycles. The predicted molar refractivity (Wildman–Crippen MR) is 102 cm³/mol. The van der Waals surface area contributed by atoms with E-state index in [0.29, 0.717) is 0 Å². The van der Waals surface area contributed by atoms with Crippen LogP contribution < -0.4 is 0 Å². The molecule has 0 saturated carbocycles. The molecule has 1 heterocycles. The number of rotatable bonds is 2. The topological polar surface area (TPSA) is 17.8 Å². The van der Waals surface area contributed by atoms with Crippen molar-refractivity contribution in [1.29, 1.82) is 0 Å². The van der Waals surface area contributed by atoms with E-state index in [4.69, 9.17) is 4.98 Å². The zero-order chi connectivity index (χ0) is 17.5. The Kier molecular flexibility index (Phi) is 4.08. The van der Waals surface area contributed by atoms with Crippen molar-refractivity contribution in [2.75, 3.05) is 0 Å². The van der Waals surface area contributed by atoms with Crippen LogP contribution in [0.3, 0.4) is 0 Å². The largest absolute Gasteiger partial charge is 0.299 e. The van der Waals surface area contributed by atoms with E-state index in [1.54, 1.807) is 0 Å². The number of aryl methyl sites for hydroxylation is 3. The van der Waals surface area contributed by atoms with Crippen molar-refractivity contribution in [2.45, 2.75) is 47.0 Å². The summed E-state index contributed by atoms with van der Waals surface area (Å²) in [6.45, 7) is 13.3. The summed E-state index contributed by atoms with van der Waals surface area (Å²) in [4.78, 5) is 4.70. The highest BCUT2D eigenvalue weighted by molar-refractivity contribution is 5.66. The summed E-state index contributed by atoms with van der Waals surface area (Å²) in [5.41, 5.74) is 7.68. The normalized spacial score (nSPS) is 11.8. The molecular weight excluding hydrogens is 292 g/mol. The predicted octanol–water partition coefficient (Wildman–Crippen LogP) is 5.76. The lowest BCUT2D eigenvalue weighted by Crippen LogP contribution is -2.14. The van der Waals surface area contributed by atoms with Crippen molar-refractivity contribution in [1.82, 2.24) is 9.55 Å². The van der Waals surface area contributed by atoms with Crippen LogP contribution in [0.2, 0.25) is 0 Å². The summed E-state index contributed by atoms with van der Waals surface area (Å²) in [6, 6.07) is 13.1.